The van der Waals surface area contributed by atoms with Gasteiger partial charge in [0.05, 0.1) is 6.26 Å². The first kappa shape index (κ1) is 14.9. The van der Waals surface area contributed by atoms with Gasteiger partial charge in [0, 0.05) is 13.1 Å². The van der Waals surface area contributed by atoms with Gasteiger partial charge in [0.15, 0.2) is 0 Å². The molecule has 3 N–H and O–H groups in total. The lowest BCUT2D eigenvalue weighted by molar-refractivity contribution is 0.0629. The number of hydrogen-bond donors (Lipinski definition) is 2. The molecule has 1 amide bonds. The van der Waals surface area contributed by atoms with Gasteiger partial charge in [0.1, 0.15) is 12.7 Å². The molecule has 16 heavy (non-hydrogen) atoms. The molecule has 0 bridgehead atoms. The normalized spacial score (nSPS) is 13.4. The molecular formula is C8H16N2O5S. The average molecular weight is 252 g/mol. The lowest BCUT2D eigenvalue weighted by Crippen LogP contribution is -2.39. The zero-order valence-corrected chi connectivity index (χ0v) is 9.81. The van der Waals surface area contributed by atoms with Crippen molar-refractivity contribution in [2.45, 2.75) is 6.10 Å². The molecule has 0 aliphatic carbocycles. The summed E-state index contributed by atoms with van der Waals surface area (Å²) in [6, 6.07) is 0. The fourth-order valence-electron chi connectivity index (χ4n) is 0.955. The first-order chi connectivity index (χ1) is 7.27. The molecule has 0 aromatic heterocycles. The van der Waals surface area contributed by atoms with Crippen molar-refractivity contribution in [3.8, 4) is 0 Å². The highest BCUT2D eigenvalue weighted by Crippen LogP contribution is 2.00. The van der Waals surface area contributed by atoms with Crippen LogP contribution < -0.4 is 5.73 Å². The summed E-state index contributed by atoms with van der Waals surface area (Å²) in [6.07, 6.45) is 0.261. The molecule has 1 unspecified atom stereocenters. The van der Waals surface area contributed by atoms with Gasteiger partial charge in [0.25, 0.3) is 0 Å². The average Bonchev–Trinajstić information content (AvgIpc) is 2.12. The van der Waals surface area contributed by atoms with E-state index in [4.69, 9.17) is 5.73 Å². The topological polar surface area (TPSA) is 110 Å². The predicted molar refractivity (Wildman–Crippen MR) is 58.2 cm³/mol. The maximum Gasteiger partial charge on any atom is 0.404 e. The van der Waals surface area contributed by atoms with Crippen molar-refractivity contribution >= 4 is 16.1 Å². The van der Waals surface area contributed by atoms with Gasteiger partial charge in [-0.3, -0.25) is 0 Å². The summed E-state index contributed by atoms with van der Waals surface area (Å²) in [6.45, 7) is 2.95. The number of aliphatic hydroxyl groups excluding tert-OH is 1. The minimum Gasteiger partial charge on any atom is -0.447 e. The van der Waals surface area contributed by atoms with Crippen LogP contribution in [-0.4, -0.2) is 56.0 Å². The van der Waals surface area contributed by atoms with E-state index in [-0.39, 0.29) is 19.7 Å². The van der Waals surface area contributed by atoms with Crippen LogP contribution in [0, 0.1) is 0 Å². The molecule has 94 valence electrons. The van der Waals surface area contributed by atoms with E-state index in [0.717, 1.165) is 10.6 Å². The Labute approximate surface area is 94.5 Å². The number of hydrogen-bond acceptors (Lipinski definition) is 5. The summed E-state index contributed by atoms with van der Waals surface area (Å²) >= 11 is 0. The first-order valence-corrected chi connectivity index (χ1v) is 6.28. The number of sulfonamides is 1. The second-order valence-electron chi connectivity index (χ2n) is 3.15. The molecule has 7 nitrogen and oxygen atoms in total. The molecule has 0 heterocycles. The van der Waals surface area contributed by atoms with Crippen molar-refractivity contribution in [2.24, 2.45) is 5.73 Å². The Kier molecular flexibility index (Phi) is 6.01. The molecule has 0 fully saturated rings. The molecule has 0 saturated heterocycles. The number of carbonyl (C=O) groups excluding carboxylic acids is 1. The molecule has 0 rings (SSSR count). The SMILES string of the molecule is C=CCN(CC(O)COC(N)=O)S(C)(=O)=O. The Bertz CT molecular complexity index is 340. The highest BCUT2D eigenvalue weighted by atomic mass is 32.2. The van der Waals surface area contributed by atoms with E-state index in [1.807, 2.05) is 0 Å². The van der Waals surface area contributed by atoms with Gasteiger partial charge in [-0.25, -0.2) is 13.2 Å². The van der Waals surface area contributed by atoms with Crippen molar-refractivity contribution in [1.29, 1.82) is 0 Å². The smallest absolute Gasteiger partial charge is 0.404 e. The van der Waals surface area contributed by atoms with Crippen molar-refractivity contribution in [3.63, 3.8) is 0 Å². The third-order valence-electron chi connectivity index (χ3n) is 1.63. The number of rotatable bonds is 7. The number of nitrogens with zero attached hydrogens (tertiary/aromatic N) is 1. The Morgan fingerprint density at radius 3 is 2.62 bits per heavy atom. The van der Waals surface area contributed by atoms with Crippen molar-refractivity contribution < 1.29 is 23.1 Å². The molecule has 0 aliphatic rings. The number of nitrogens with two attached hydrogens (primary N) is 1. The van der Waals surface area contributed by atoms with Gasteiger partial charge >= 0.3 is 6.09 Å². The third-order valence-corrected chi connectivity index (χ3v) is 2.87. The maximum atomic E-state index is 11.2. The van der Waals surface area contributed by atoms with Gasteiger partial charge in [-0.05, 0) is 0 Å². The van der Waals surface area contributed by atoms with E-state index >= 15 is 0 Å². The minimum atomic E-state index is -3.43. The molecule has 0 spiro atoms. The van der Waals surface area contributed by atoms with Gasteiger partial charge in [-0.2, -0.15) is 4.31 Å². The van der Waals surface area contributed by atoms with Gasteiger partial charge in [0.2, 0.25) is 10.0 Å². The molecule has 8 heteroatoms. The standard InChI is InChI=1S/C8H16N2O5S/c1-3-4-10(16(2,13)14)5-7(11)6-15-8(9)12/h3,7,11H,1,4-6H2,2H3,(H2,9,12). The summed E-state index contributed by atoms with van der Waals surface area (Å²) in [5.41, 5.74) is 4.70. The zero-order chi connectivity index (χ0) is 12.8. The van der Waals surface area contributed by atoms with Crippen LogP contribution in [0.25, 0.3) is 0 Å². The number of amides is 1. The summed E-state index contributed by atoms with van der Waals surface area (Å²) in [4.78, 5) is 10.3. The Morgan fingerprint density at radius 2 is 2.25 bits per heavy atom. The van der Waals surface area contributed by atoms with Crippen LogP contribution >= 0.6 is 0 Å². The summed E-state index contributed by atoms with van der Waals surface area (Å²) in [5, 5.41) is 9.39. The minimum absolute atomic E-state index is 0.0759. The van der Waals surface area contributed by atoms with Crippen LogP contribution in [0.5, 0.6) is 0 Å². The first-order valence-electron chi connectivity index (χ1n) is 4.43. The second kappa shape index (κ2) is 6.46. The Hall–Kier alpha value is -1.12. The van der Waals surface area contributed by atoms with Crippen LogP contribution in [-0.2, 0) is 14.8 Å². The van der Waals surface area contributed by atoms with Crippen LogP contribution in [0.15, 0.2) is 12.7 Å². The maximum absolute atomic E-state index is 11.2. The summed E-state index contributed by atoms with van der Waals surface area (Å²) in [7, 11) is -3.43. The number of ether oxygens (including phenoxy) is 1. The van der Waals surface area contributed by atoms with E-state index in [1.165, 1.54) is 6.08 Å². The van der Waals surface area contributed by atoms with E-state index in [2.05, 4.69) is 11.3 Å². The molecule has 0 aromatic carbocycles. The second-order valence-corrected chi connectivity index (χ2v) is 5.13. The highest BCUT2D eigenvalue weighted by molar-refractivity contribution is 7.88. The quantitative estimate of drug-likeness (QED) is 0.558. The van der Waals surface area contributed by atoms with Crippen molar-refractivity contribution in [1.82, 2.24) is 4.31 Å². The van der Waals surface area contributed by atoms with Crippen LogP contribution in [0.3, 0.4) is 0 Å². The molecule has 0 aliphatic heterocycles. The zero-order valence-electron chi connectivity index (χ0n) is 9.00. The monoisotopic (exact) mass is 252 g/mol. The molecule has 1 atom stereocenters. The van der Waals surface area contributed by atoms with Crippen LogP contribution in [0.1, 0.15) is 0 Å². The van der Waals surface area contributed by atoms with Gasteiger partial charge < -0.3 is 15.6 Å². The number of carbonyl (C=O) groups is 1. The Morgan fingerprint density at radius 1 is 1.69 bits per heavy atom. The van der Waals surface area contributed by atoms with Crippen molar-refractivity contribution in [3.05, 3.63) is 12.7 Å². The van der Waals surface area contributed by atoms with E-state index in [1.54, 1.807) is 0 Å². The van der Waals surface area contributed by atoms with E-state index in [9.17, 15) is 18.3 Å². The summed E-state index contributed by atoms with van der Waals surface area (Å²) in [5.74, 6) is 0. The number of aliphatic hydroxyl groups is 1. The van der Waals surface area contributed by atoms with Gasteiger partial charge in [-0.15, -0.1) is 6.58 Å². The molecule has 0 saturated carbocycles. The van der Waals surface area contributed by atoms with E-state index < -0.39 is 22.2 Å². The Balaban J connectivity index is 4.29. The van der Waals surface area contributed by atoms with Crippen LogP contribution in [0.4, 0.5) is 4.79 Å². The van der Waals surface area contributed by atoms with E-state index in [0.29, 0.717) is 0 Å². The fourth-order valence-corrected chi connectivity index (χ4v) is 1.77. The molecule has 0 radical (unpaired) electrons. The van der Waals surface area contributed by atoms with Crippen molar-refractivity contribution in [2.75, 3.05) is 26.0 Å². The highest BCUT2D eigenvalue weighted by Gasteiger charge is 2.19. The lowest BCUT2D eigenvalue weighted by Gasteiger charge is -2.21. The molecule has 0 aromatic rings. The summed E-state index contributed by atoms with van der Waals surface area (Å²) < 4.78 is 27.8. The number of primary amides is 1. The largest absolute Gasteiger partial charge is 0.447 e. The fraction of sp³-hybridized carbons (Fsp3) is 0.625. The van der Waals surface area contributed by atoms with Gasteiger partial charge in [-0.1, -0.05) is 6.08 Å². The van der Waals surface area contributed by atoms with Crippen LogP contribution in [0.2, 0.25) is 0 Å². The molecular weight excluding hydrogens is 236 g/mol. The third kappa shape index (κ3) is 6.38. The predicted octanol–water partition coefficient (Wildman–Crippen LogP) is -1.11. The lowest BCUT2D eigenvalue weighted by atomic mass is 10.4.